The quantitative estimate of drug-likeness (QED) is 0.915. The molecule has 96 valence electrons. The molecule has 2 N–H and O–H groups in total. The van der Waals surface area contributed by atoms with Gasteiger partial charge in [-0.2, -0.15) is 5.10 Å². The van der Waals surface area contributed by atoms with E-state index in [-0.39, 0.29) is 9.92 Å². The van der Waals surface area contributed by atoms with Gasteiger partial charge in [-0.1, -0.05) is 23.2 Å². The molecule has 1 heterocycles. The summed E-state index contributed by atoms with van der Waals surface area (Å²) in [5, 5.41) is 6.87. The molecular formula is C10H9Cl2N3O2S. The first-order valence-electron chi connectivity index (χ1n) is 4.88. The van der Waals surface area contributed by atoms with E-state index in [0.717, 1.165) is 0 Å². The van der Waals surface area contributed by atoms with Gasteiger partial charge in [-0.15, -0.1) is 0 Å². The van der Waals surface area contributed by atoms with E-state index in [9.17, 15) is 8.42 Å². The minimum Gasteiger partial charge on any atom is -0.281 e. The van der Waals surface area contributed by atoms with E-state index in [0.29, 0.717) is 16.4 Å². The number of aromatic amines is 1. The van der Waals surface area contributed by atoms with Gasteiger partial charge >= 0.3 is 0 Å². The first kappa shape index (κ1) is 13.2. The van der Waals surface area contributed by atoms with Gasteiger partial charge in [-0.25, -0.2) is 8.42 Å². The Morgan fingerprint density at radius 3 is 2.56 bits per heavy atom. The summed E-state index contributed by atoms with van der Waals surface area (Å²) in [5.41, 5.74) is 0.799. The first-order chi connectivity index (χ1) is 8.40. The van der Waals surface area contributed by atoms with Crippen LogP contribution >= 0.6 is 23.2 Å². The van der Waals surface area contributed by atoms with Crippen LogP contribution in [-0.4, -0.2) is 18.6 Å². The fourth-order valence-corrected chi connectivity index (χ4v) is 2.87. The lowest BCUT2D eigenvalue weighted by molar-refractivity contribution is 0.600. The number of benzene rings is 1. The number of hydrogen-bond donors (Lipinski definition) is 2. The van der Waals surface area contributed by atoms with Crippen molar-refractivity contribution in [1.82, 2.24) is 10.2 Å². The highest BCUT2D eigenvalue weighted by Gasteiger charge is 2.18. The average molecular weight is 306 g/mol. The number of sulfonamides is 1. The zero-order valence-electron chi connectivity index (χ0n) is 9.24. The molecule has 0 aliphatic carbocycles. The van der Waals surface area contributed by atoms with Gasteiger partial charge in [0.2, 0.25) is 0 Å². The summed E-state index contributed by atoms with van der Waals surface area (Å²) >= 11 is 11.6. The number of nitrogens with one attached hydrogen (secondary N) is 2. The molecular weight excluding hydrogens is 297 g/mol. The van der Waals surface area contributed by atoms with Gasteiger partial charge in [-0.3, -0.25) is 9.82 Å². The molecule has 0 saturated heterocycles. The minimum atomic E-state index is -3.68. The summed E-state index contributed by atoms with van der Waals surface area (Å²) in [5.74, 6) is 0. The van der Waals surface area contributed by atoms with Crippen molar-refractivity contribution in [2.45, 2.75) is 11.8 Å². The number of aromatic nitrogens is 2. The third-order valence-corrected chi connectivity index (χ3v) is 4.48. The predicted octanol–water partition coefficient (Wildman–Crippen LogP) is 2.83. The van der Waals surface area contributed by atoms with E-state index in [1.54, 1.807) is 6.92 Å². The highest BCUT2D eigenvalue weighted by molar-refractivity contribution is 7.92. The molecule has 1 aromatic carbocycles. The minimum absolute atomic E-state index is 0.0913. The molecule has 8 heteroatoms. The topological polar surface area (TPSA) is 74.8 Å². The Bertz CT molecular complexity index is 682. The molecule has 0 spiro atoms. The van der Waals surface area contributed by atoms with Gasteiger partial charge < -0.3 is 0 Å². The summed E-state index contributed by atoms with van der Waals surface area (Å²) in [6, 6.07) is 4.49. The summed E-state index contributed by atoms with van der Waals surface area (Å²) in [7, 11) is -3.68. The normalized spacial score (nSPS) is 11.5. The molecule has 18 heavy (non-hydrogen) atoms. The molecule has 0 amide bonds. The second-order valence-electron chi connectivity index (χ2n) is 3.59. The van der Waals surface area contributed by atoms with Crippen LogP contribution in [-0.2, 0) is 10.0 Å². The van der Waals surface area contributed by atoms with Gasteiger partial charge in [0.1, 0.15) is 4.90 Å². The van der Waals surface area contributed by atoms with Crippen LogP contribution in [0.2, 0.25) is 10.0 Å². The van der Waals surface area contributed by atoms with Crippen molar-refractivity contribution < 1.29 is 8.42 Å². The highest BCUT2D eigenvalue weighted by Crippen LogP contribution is 2.26. The smallest absolute Gasteiger partial charge is 0.265 e. The fraction of sp³-hybridized carbons (Fsp3) is 0.100. The summed E-state index contributed by atoms with van der Waals surface area (Å²) in [4.78, 5) is 0.0913. The monoisotopic (exact) mass is 305 g/mol. The molecule has 0 radical (unpaired) electrons. The molecule has 2 rings (SSSR count). The number of halogens is 2. The van der Waals surface area contributed by atoms with Crippen molar-refractivity contribution in [3.63, 3.8) is 0 Å². The van der Waals surface area contributed by atoms with Crippen molar-refractivity contribution in [3.8, 4) is 0 Å². The maximum absolute atomic E-state index is 12.0. The Kier molecular flexibility index (Phi) is 3.52. The van der Waals surface area contributed by atoms with E-state index >= 15 is 0 Å². The van der Waals surface area contributed by atoms with Gasteiger partial charge in [0.05, 0.1) is 27.6 Å². The van der Waals surface area contributed by atoms with E-state index in [1.165, 1.54) is 24.4 Å². The number of hydrogen-bond acceptors (Lipinski definition) is 3. The lowest BCUT2D eigenvalue weighted by Gasteiger charge is -2.07. The third-order valence-electron chi connectivity index (χ3n) is 2.24. The standard InChI is InChI=1S/C10H9Cl2N3O2S/c1-6-10(5-13-14-6)18(16,17)15-7-2-3-8(11)9(12)4-7/h2-5,15H,1H3,(H,13,14). The second kappa shape index (κ2) is 4.79. The van der Waals surface area contributed by atoms with Crippen LogP contribution in [0.5, 0.6) is 0 Å². The number of aryl methyl sites for hydroxylation is 1. The predicted molar refractivity (Wildman–Crippen MR) is 70.6 cm³/mol. The molecule has 1 aromatic heterocycles. The molecule has 2 aromatic rings. The van der Waals surface area contributed by atoms with Crippen LogP contribution in [0, 0.1) is 6.92 Å². The maximum atomic E-state index is 12.0. The molecule has 0 unspecified atom stereocenters. The van der Waals surface area contributed by atoms with Gasteiger partial charge in [0, 0.05) is 0 Å². The number of anilines is 1. The van der Waals surface area contributed by atoms with Crippen LogP contribution in [0.25, 0.3) is 0 Å². The Balaban J connectivity index is 2.34. The van der Waals surface area contributed by atoms with Crippen LogP contribution < -0.4 is 4.72 Å². The molecule has 0 saturated carbocycles. The number of nitrogens with zero attached hydrogens (tertiary/aromatic N) is 1. The van der Waals surface area contributed by atoms with Crippen LogP contribution in [0.4, 0.5) is 5.69 Å². The molecule has 0 atom stereocenters. The van der Waals surface area contributed by atoms with Crippen LogP contribution in [0.15, 0.2) is 29.3 Å². The zero-order chi connectivity index (χ0) is 13.3. The second-order valence-corrected chi connectivity index (χ2v) is 6.06. The lowest BCUT2D eigenvalue weighted by atomic mass is 10.3. The lowest BCUT2D eigenvalue weighted by Crippen LogP contribution is -2.13. The molecule has 0 fully saturated rings. The molecule has 0 aliphatic heterocycles. The highest BCUT2D eigenvalue weighted by atomic mass is 35.5. The van der Waals surface area contributed by atoms with Crippen molar-refractivity contribution >= 4 is 38.9 Å². The van der Waals surface area contributed by atoms with Crippen molar-refractivity contribution in [1.29, 1.82) is 0 Å². The SMILES string of the molecule is Cc1[nH]ncc1S(=O)(=O)Nc1ccc(Cl)c(Cl)c1. The summed E-state index contributed by atoms with van der Waals surface area (Å²) in [6.45, 7) is 1.62. The Hall–Kier alpha value is -1.24. The van der Waals surface area contributed by atoms with Crippen LogP contribution in [0.1, 0.15) is 5.69 Å². The molecule has 0 bridgehead atoms. The first-order valence-corrected chi connectivity index (χ1v) is 7.12. The van der Waals surface area contributed by atoms with Crippen molar-refractivity contribution in [3.05, 3.63) is 40.1 Å². The Morgan fingerprint density at radius 2 is 2.00 bits per heavy atom. The Labute approximate surface area is 114 Å². The van der Waals surface area contributed by atoms with Gasteiger partial charge in [0.25, 0.3) is 10.0 Å². The third kappa shape index (κ3) is 2.60. The van der Waals surface area contributed by atoms with E-state index < -0.39 is 10.0 Å². The zero-order valence-corrected chi connectivity index (χ0v) is 11.6. The molecule has 5 nitrogen and oxygen atoms in total. The van der Waals surface area contributed by atoms with E-state index in [1.807, 2.05) is 0 Å². The summed E-state index contributed by atoms with van der Waals surface area (Å²) in [6.07, 6.45) is 1.25. The largest absolute Gasteiger partial charge is 0.281 e. The maximum Gasteiger partial charge on any atom is 0.265 e. The number of rotatable bonds is 3. The van der Waals surface area contributed by atoms with E-state index in [4.69, 9.17) is 23.2 Å². The van der Waals surface area contributed by atoms with Gasteiger partial charge in [0.15, 0.2) is 0 Å². The van der Waals surface area contributed by atoms with Gasteiger partial charge in [-0.05, 0) is 25.1 Å². The molecule has 0 aliphatic rings. The fourth-order valence-electron chi connectivity index (χ4n) is 1.38. The average Bonchev–Trinajstić information content (AvgIpc) is 2.70. The van der Waals surface area contributed by atoms with E-state index in [2.05, 4.69) is 14.9 Å². The Morgan fingerprint density at radius 1 is 1.28 bits per heavy atom. The van der Waals surface area contributed by atoms with Crippen molar-refractivity contribution in [2.24, 2.45) is 0 Å². The number of H-pyrrole nitrogens is 1. The van der Waals surface area contributed by atoms with Crippen LogP contribution in [0.3, 0.4) is 0 Å². The summed E-state index contributed by atoms with van der Waals surface area (Å²) < 4.78 is 26.5. The van der Waals surface area contributed by atoms with Crippen molar-refractivity contribution in [2.75, 3.05) is 4.72 Å².